The molecule has 0 heterocycles. The molecular formula is C18H27NO2. The summed E-state index contributed by atoms with van der Waals surface area (Å²) >= 11 is 0. The second-order valence-electron chi connectivity index (χ2n) is 6.48. The van der Waals surface area contributed by atoms with E-state index in [1.807, 2.05) is 52.2 Å². The number of para-hydroxylation sites is 1. The molecule has 0 N–H and O–H groups in total. The summed E-state index contributed by atoms with van der Waals surface area (Å²) in [6, 6.07) is 7.66. The Kier molecular flexibility index (Phi) is 5.04. The number of hydrogen-bond acceptors (Lipinski definition) is 3. The van der Waals surface area contributed by atoms with Crippen LogP contribution < -0.4 is 4.74 Å². The maximum atomic E-state index is 13.2. The number of nitrogens with zero attached hydrogens (tertiary/aromatic N) is 1. The topological polar surface area (TPSA) is 29.5 Å². The zero-order valence-corrected chi connectivity index (χ0v) is 13.7. The predicted molar refractivity (Wildman–Crippen MR) is 86.0 cm³/mol. The average Bonchev–Trinajstić information content (AvgIpc) is 2.47. The lowest BCUT2D eigenvalue weighted by Gasteiger charge is -2.41. The molecule has 0 aromatic heterocycles. The molecule has 1 aliphatic carbocycles. The predicted octanol–water partition coefficient (Wildman–Crippen LogP) is 3.92. The van der Waals surface area contributed by atoms with Crippen molar-refractivity contribution >= 4 is 5.78 Å². The van der Waals surface area contributed by atoms with E-state index in [4.69, 9.17) is 4.74 Å². The molecule has 21 heavy (non-hydrogen) atoms. The fourth-order valence-electron chi connectivity index (χ4n) is 3.28. The maximum Gasteiger partial charge on any atom is 0.186 e. The summed E-state index contributed by atoms with van der Waals surface area (Å²) in [5.74, 6) is 0.924. The first-order chi connectivity index (χ1) is 9.97. The van der Waals surface area contributed by atoms with Crippen molar-refractivity contribution in [3.05, 3.63) is 29.8 Å². The molecule has 116 valence electrons. The van der Waals surface area contributed by atoms with Gasteiger partial charge >= 0.3 is 0 Å². The van der Waals surface area contributed by atoms with Crippen LogP contribution in [0.2, 0.25) is 0 Å². The van der Waals surface area contributed by atoms with E-state index in [2.05, 4.69) is 4.90 Å². The van der Waals surface area contributed by atoms with Gasteiger partial charge in [0.05, 0.1) is 17.2 Å². The van der Waals surface area contributed by atoms with E-state index in [0.29, 0.717) is 5.75 Å². The van der Waals surface area contributed by atoms with E-state index in [1.54, 1.807) is 0 Å². The average molecular weight is 289 g/mol. The highest BCUT2D eigenvalue weighted by Gasteiger charge is 2.42. The summed E-state index contributed by atoms with van der Waals surface area (Å²) < 4.78 is 5.84. The van der Waals surface area contributed by atoms with Crippen molar-refractivity contribution in [3.63, 3.8) is 0 Å². The monoisotopic (exact) mass is 289 g/mol. The van der Waals surface area contributed by atoms with Gasteiger partial charge in [-0.3, -0.25) is 9.69 Å². The number of ketones is 1. The number of hydrogen-bond donors (Lipinski definition) is 0. The molecule has 3 heteroatoms. The van der Waals surface area contributed by atoms with Crippen LogP contribution in [-0.4, -0.2) is 36.4 Å². The van der Waals surface area contributed by atoms with E-state index in [0.717, 1.165) is 31.2 Å². The Morgan fingerprint density at radius 2 is 1.76 bits per heavy atom. The van der Waals surface area contributed by atoms with Crippen LogP contribution in [0.15, 0.2) is 24.3 Å². The zero-order valence-electron chi connectivity index (χ0n) is 13.7. The van der Waals surface area contributed by atoms with Gasteiger partial charge in [0, 0.05) is 0 Å². The van der Waals surface area contributed by atoms with E-state index in [1.165, 1.54) is 6.42 Å². The number of rotatable bonds is 5. The van der Waals surface area contributed by atoms with Gasteiger partial charge in [-0.25, -0.2) is 0 Å². The summed E-state index contributed by atoms with van der Waals surface area (Å²) in [5, 5.41) is 0. The molecule has 0 saturated heterocycles. The first kappa shape index (κ1) is 16.0. The number of benzene rings is 1. The molecule has 0 unspecified atom stereocenters. The van der Waals surface area contributed by atoms with Crippen molar-refractivity contribution in [1.29, 1.82) is 0 Å². The van der Waals surface area contributed by atoms with Gasteiger partial charge in [-0.1, -0.05) is 31.4 Å². The van der Waals surface area contributed by atoms with Gasteiger partial charge in [-0.15, -0.1) is 0 Å². The van der Waals surface area contributed by atoms with Gasteiger partial charge in [0.1, 0.15) is 5.75 Å². The Morgan fingerprint density at radius 1 is 1.14 bits per heavy atom. The van der Waals surface area contributed by atoms with Crippen molar-refractivity contribution in [1.82, 2.24) is 4.90 Å². The summed E-state index contributed by atoms with van der Waals surface area (Å²) in [4.78, 5) is 15.4. The second-order valence-corrected chi connectivity index (χ2v) is 6.48. The molecular weight excluding hydrogens is 262 g/mol. The lowest BCUT2D eigenvalue weighted by Crippen LogP contribution is -2.52. The first-order valence-corrected chi connectivity index (χ1v) is 7.95. The van der Waals surface area contributed by atoms with Crippen molar-refractivity contribution in [3.8, 4) is 5.75 Å². The van der Waals surface area contributed by atoms with Crippen LogP contribution in [-0.2, 0) is 0 Å². The smallest absolute Gasteiger partial charge is 0.186 e. The van der Waals surface area contributed by atoms with Crippen molar-refractivity contribution in [2.45, 2.75) is 57.6 Å². The number of carbonyl (C=O) groups excluding carboxylic acids is 1. The minimum Gasteiger partial charge on any atom is -0.490 e. The van der Waals surface area contributed by atoms with Gasteiger partial charge in [0.2, 0.25) is 0 Å². The number of Topliss-reactive ketones (excluding diaryl/α,β-unsaturated/α-hetero) is 1. The van der Waals surface area contributed by atoms with Gasteiger partial charge in [-0.2, -0.15) is 0 Å². The highest BCUT2D eigenvalue weighted by atomic mass is 16.5. The number of ether oxygens (including phenoxy) is 1. The Labute approximate surface area is 128 Å². The van der Waals surface area contributed by atoms with Crippen LogP contribution in [0.3, 0.4) is 0 Å². The molecule has 2 rings (SSSR count). The first-order valence-electron chi connectivity index (χ1n) is 7.95. The maximum absolute atomic E-state index is 13.2. The summed E-state index contributed by atoms with van der Waals surface area (Å²) in [5.41, 5.74) is 0.358. The van der Waals surface area contributed by atoms with Gasteiger partial charge < -0.3 is 4.74 Å². The Bertz CT molecular complexity index is 488. The second kappa shape index (κ2) is 6.61. The van der Waals surface area contributed by atoms with Crippen LogP contribution in [0.4, 0.5) is 0 Å². The van der Waals surface area contributed by atoms with Crippen LogP contribution in [0.25, 0.3) is 0 Å². The Hall–Kier alpha value is -1.35. The van der Waals surface area contributed by atoms with Crippen LogP contribution in [0.1, 0.15) is 56.3 Å². The largest absolute Gasteiger partial charge is 0.490 e. The van der Waals surface area contributed by atoms with Gasteiger partial charge in [-0.05, 0) is 52.9 Å². The fraction of sp³-hybridized carbons (Fsp3) is 0.611. The van der Waals surface area contributed by atoms with E-state index in [-0.39, 0.29) is 17.4 Å². The van der Waals surface area contributed by atoms with Crippen LogP contribution in [0.5, 0.6) is 5.75 Å². The third kappa shape index (κ3) is 3.29. The van der Waals surface area contributed by atoms with Gasteiger partial charge in [0.15, 0.2) is 5.78 Å². The normalized spacial score (nSPS) is 18.0. The lowest BCUT2D eigenvalue weighted by atomic mass is 9.75. The third-order valence-corrected chi connectivity index (χ3v) is 4.45. The molecule has 1 fully saturated rings. The molecule has 0 radical (unpaired) electrons. The molecule has 3 nitrogen and oxygen atoms in total. The zero-order chi connectivity index (χ0) is 15.5. The standard InChI is InChI=1S/C18H27NO2/c1-14(2)21-16-11-7-6-10-15(16)17(20)18(19(3)4)12-8-5-9-13-18/h6-7,10-11,14H,5,8-9,12-13H2,1-4H3. The lowest BCUT2D eigenvalue weighted by molar-refractivity contribution is 0.0558. The SMILES string of the molecule is CC(C)Oc1ccccc1C(=O)C1(N(C)C)CCCCC1. The molecule has 1 aromatic carbocycles. The summed E-state index contributed by atoms with van der Waals surface area (Å²) in [7, 11) is 4.05. The summed E-state index contributed by atoms with van der Waals surface area (Å²) in [6.45, 7) is 3.98. The van der Waals surface area contributed by atoms with E-state index < -0.39 is 0 Å². The molecule has 0 atom stereocenters. The molecule has 1 saturated carbocycles. The minimum absolute atomic E-state index is 0.0700. The quantitative estimate of drug-likeness (QED) is 0.769. The van der Waals surface area contributed by atoms with Gasteiger partial charge in [0.25, 0.3) is 0 Å². The Balaban J connectivity index is 2.37. The Morgan fingerprint density at radius 3 is 2.33 bits per heavy atom. The molecule has 0 amide bonds. The number of carbonyl (C=O) groups is 1. The van der Waals surface area contributed by atoms with Crippen molar-refractivity contribution < 1.29 is 9.53 Å². The molecule has 1 aliphatic rings. The molecule has 0 bridgehead atoms. The highest BCUT2D eigenvalue weighted by molar-refractivity contribution is 6.05. The minimum atomic E-state index is -0.366. The van der Waals surface area contributed by atoms with Crippen LogP contribution in [0, 0.1) is 0 Å². The van der Waals surface area contributed by atoms with E-state index >= 15 is 0 Å². The molecule has 1 aromatic rings. The third-order valence-electron chi connectivity index (χ3n) is 4.45. The highest BCUT2D eigenvalue weighted by Crippen LogP contribution is 2.37. The van der Waals surface area contributed by atoms with Crippen molar-refractivity contribution in [2.24, 2.45) is 0 Å². The number of likely N-dealkylation sites (N-methyl/N-ethyl adjacent to an activating group) is 1. The fourth-order valence-corrected chi connectivity index (χ4v) is 3.28. The van der Waals surface area contributed by atoms with Crippen LogP contribution >= 0.6 is 0 Å². The molecule has 0 spiro atoms. The van der Waals surface area contributed by atoms with Crippen molar-refractivity contribution in [2.75, 3.05) is 14.1 Å². The van der Waals surface area contributed by atoms with E-state index in [9.17, 15) is 4.79 Å². The molecule has 0 aliphatic heterocycles. The summed E-state index contributed by atoms with van der Waals surface area (Å²) in [6.07, 6.45) is 5.42.